The van der Waals surface area contributed by atoms with Gasteiger partial charge in [-0.1, -0.05) is 23.8 Å². The van der Waals surface area contributed by atoms with Gasteiger partial charge in [-0.25, -0.2) is 13.1 Å². The van der Waals surface area contributed by atoms with Crippen LogP contribution in [0, 0.1) is 0 Å². The van der Waals surface area contributed by atoms with Crippen molar-refractivity contribution in [3.63, 3.8) is 0 Å². The highest BCUT2D eigenvalue weighted by Crippen LogP contribution is 2.21. The molecule has 0 saturated heterocycles. The van der Waals surface area contributed by atoms with E-state index in [2.05, 4.69) is 16.9 Å². The molecule has 1 aromatic heterocycles. The fraction of sp³-hybridized carbons (Fsp3) is 0.286. The first-order valence-electron chi connectivity index (χ1n) is 3.89. The maximum atomic E-state index is 11.3. The van der Waals surface area contributed by atoms with Crippen LogP contribution in [0.1, 0.15) is 4.88 Å². The van der Waals surface area contributed by atoms with Gasteiger partial charge >= 0.3 is 0 Å². The van der Waals surface area contributed by atoms with Gasteiger partial charge in [0.2, 0.25) is 10.0 Å². The van der Waals surface area contributed by atoms with E-state index < -0.39 is 10.0 Å². The number of sulfonamides is 1. The largest absolute Gasteiger partial charge is 0.392 e. The van der Waals surface area contributed by atoms with Gasteiger partial charge in [-0.3, -0.25) is 0 Å². The van der Waals surface area contributed by atoms with Crippen molar-refractivity contribution in [2.24, 2.45) is 5.73 Å². The molecular weight excluding hydrogens is 276 g/mol. The van der Waals surface area contributed by atoms with Crippen LogP contribution in [-0.2, 0) is 16.6 Å². The Balaban J connectivity index is 2.53. The van der Waals surface area contributed by atoms with Gasteiger partial charge in [-0.05, 0) is 12.1 Å². The second-order valence-electron chi connectivity index (χ2n) is 2.75. The molecule has 3 N–H and O–H groups in total. The molecule has 0 saturated carbocycles. The Kier molecular flexibility index (Phi) is 4.47. The summed E-state index contributed by atoms with van der Waals surface area (Å²) < 4.78 is 25.6. The zero-order chi connectivity index (χ0) is 11.5. The molecule has 4 nitrogen and oxygen atoms in total. The summed E-state index contributed by atoms with van der Waals surface area (Å²) >= 11 is 11.5. The maximum Gasteiger partial charge on any atom is 0.218 e. The van der Waals surface area contributed by atoms with Crippen LogP contribution in [0.3, 0.4) is 0 Å². The van der Waals surface area contributed by atoms with Crippen LogP contribution in [0.25, 0.3) is 0 Å². The van der Waals surface area contributed by atoms with Crippen LogP contribution in [0.15, 0.2) is 12.1 Å². The quantitative estimate of drug-likeness (QED) is 0.795. The molecule has 0 aromatic carbocycles. The first-order valence-corrected chi connectivity index (χ1v) is 7.14. The molecule has 0 fully saturated rings. The van der Waals surface area contributed by atoms with E-state index in [0.29, 0.717) is 4.34 Å². The van der Waals surface area contributed by atoms with Gasteiger partial charge in [0.15, 0.2) is 0 Å². The second kappa shape index (κ2) is 5.22. The minimum absolute atomic E-state index is 0.0493. The van der Waals surface area contributed by atoms with E-state index in [4.69, 9.17) is 17.3 Å². The lowest BCUT2D eigenvalue weighted by molar-refractivity contribution is 0.586. The fourth-order valence-electron chi connectivity index (χ4n) is 0.866. The molecule has 84 valence electrons. The summed E-state index contributed by atoms with van der Waals surface area (Å²) in [6.45, 7) is 0.211. The van der Waals surface area contributed by atoms with Crippen LogP contribution in [0.5, 0.6) is 0 Å². The minimum Gasteiger partial charge on any atom is -0.392 e. The first-order chi connectivity index (χ1) is 6.89. The predicted octanol–water partition coefficient (Wildman–Crippen LogP) is 1.11. The lowest BCUT2D eigenvalue weighted by Crippen LogP contribution is -2.31. The summed E-state index contributed by atoms with van der Waals surface area (Å²) in [5.74, 6) is -0.332. The molecule has 0 radical (unpaired) electrons. The third-order valence-corrected chi connectivity index (χ3v) is 4.26. The monoisotopic (exact) mass is 284 g/mol. The van der Waals surface area contributed by atoms with Crippen LogP contribution in [-0.4, -0.2) is 19.2 Å². The average molecular weight is 285 g/mol. The van der Waals surface area contributed by atoms with Crippen molar-refractivity contribution in [2.45, 2.75) is 6.54 Å². The van der Waals surface area contributed by atoms with Gasteiger partial charge in [0, 0.05) is 11.4 Å². The smallest absolute Gasteiger partial charge is 0.218 e. The van der Waals surface area contributed by atoms with Crippen molar-refractivity contribution >= 4 is 50.2 Å². The number of halogens is 1. The summed E-state index contributed by atoms with van der Waals surface area (Å²) in [6.07, 6.45) is 0. The van der Waals surface area contributed by atoms with E-state index in [9.17, 15) is 8.42 Å². The van der Waals surface area contributed by atoms with Crippen molar-refractivity contribution < 1.29 is 8.42 Å². The van der Waals surface area contributed by atoms with Gasteiger partial charge < -0.3 is 5.73 Å². The molecule has 0 aliphatic carbocycles. The highest BCUT2D eigenvalue weighted by Gasteiger charge is 2.11. The number of thiophene rings is 1. The standard InChI is InChI=1S/C7H9ClN2O2S3/c8-6-2-1-5(14-6)3-10-15(11,12)4-7(9)13/h1-2,10H,3-4H2,(H2,9,13). The molecule has 1 aromatic rings. The van der Waals surface area contributed by atoms with Gasteiger partial charge in [-0.2, -0.15) is 0 Å². The summed E-state index contributed by atoms with van der Waals surface area (Å²) in [7, 11) is -3.42. The van der Waals surface area contributed by atoms with Crippen molar-refractivity contribution in [3.05, 3.63) is 21.3 Å². The molecule has 0 atom stereocenters. The molecule has 8 heteroatoms. The van der Waals surface area contributed by atoms with Gasteiger partial charge in [0.05, 0.1) is 9.32 Å². The maximum absolute atomic E-state index is 11.3. The van der Waals surface area contributed by atoms with Crippen LogP contribution < -0.4 is 10.5 Å². The third kappa shape index (κ3) is 4.89. The molecular formula is C7H9ClN2O2S3. The zero-order valence-electron chi connectivity index (χ0n) is 7.57. The van der Waals surface area contributed by atoms with Crippen LogP contribution in [0.2, 0.25) is 4.34 Å². The molecule has 15 heavy (non-hydrogen) atoms. The molecule has 1 heterocycles. The van der Waals surface area contributed by atoms with E-state index in [1.54, 1.807) is 12.1 Å². The minimum atomic E-state index is -3.42. The Labute approximate surface area is 102 Å². The van der Waals surface area contributed by atoms with E-state index in [-0.39, 0.29) is 17.3 Å². The van der Waals surface area contributed by atoms with E-state index in [0.717, 1.165) is 4.88 Å². The number of thiocarbonyl (C=S) groups is 1. The first kappa shape index (κ1) is 12.9. The van der Waals surface area contributed by atoms with Crippen molar-refractivity contribution in [1.29, 1.82) is 0 Å². The second-order valence-corrected chi connectivity index (χ2v) is 6.88. The normalized spacial score (nSPS) is 11.5. The molecule has 0 spiro atoms. The van der Waals surface area contributed by atoms with E-state index in [1.165, 1.54) is 11.3 Å². The Hall–Kier alpha value is -0.210. The number of hydrogen-bond donors (Lipinski definition) is 2. The molecule has 0 aliphatic heterocycles. The van der Waals surface area contributed by atoms with Gasteiger partial charge in [0.1, 0.15) is 5.75 Å². The number of nitrogens with two attached hydrogens (primary N) is 1. The molecule has 0 aliphatic rings. The van der Waals surface area contributed by atoms with Crippen molar-refractivity contribution in [1.82, 2.24) is 4.72 Å². The summed E-state index contributed by atoms with van der Waals surface area (Å²) in [6, 6.07) is 3.47. The Morgan fingerprint density at radius 2 is 2.27 bits per heavy atom. The Bertz CT molecular complexity index is 455. The van der Waals surface area contributed by atoms with Gasteiger partial charge in [0.25, 0.3) is 0 Å². The third-order valence-electron chi connectivity index (χ3n) is 1.43. The van der Waals surface area contributed by atoms with Crippen LogP contribution >= 0.6 is 35.2 Å². The Morgan fingerprint density at radius 1 is 1.60 bits per heavy atom. The predicted molar refractivity (Wildman–Crippen MR) is 66.7 cm³/mol. The molecule has 0 bridgehead atoms. The van der Waals surface area contributed by atoms with Gasteiger partial charge in [-0.15, -0.1) is 11.3 Å². The summed E-state index contributed by atoms with van der Waals surface area (Å²) in [5, 5.41) is 0. The van der Waals surface area contributed by atoms with E-state index in [1.807, 2.05) is 0 Å². The van der Waals surface area contributed by atoms with Crippen molar-refractivity contribution in [2.75, 3.05) is 5.75 Å². The van der Waals surface area contributed by atoms with E-state index >= 15 is 0 Å². The highest BCUT2D eigenvalue weighted by molar-refractivity contribution is 7.92. The molecule has 0 unspecified atom stereocenters. The summed E-state index contributed by atoms with van der Waals surface area (Å²) in [5.41, 5.74) is 5.15. The number of rotatable bonds is 5. The number of hydrogen-bond acceptors (Lipinski definition) is 4. The zero-order valence-corrected chi connectivity index (χ0v) is 10.8. The fourth-order valence-corrected chi connectivity index (χ4v) is 3.30. The summed E-state index contributed by atoms with van der Waals surface area (Å²) in [4.78, 5) is 0.790. The SMILES string of the molecule is NC(=S)CS(=O)(=O)NCc1ccc(Cl)s1. The molecule has 1 rings (SSSR count). The number of nitrogens with one attached hydrogen (secondary N) is 1. The Morgan fingerprint density at radius 3 is 2.73 bits per heavy atom. The lowest BCUT2D eigenvalue weighted by atomic mass is 10.5. The molecule has 0 amide bonds. The van der Waals surface area contributed by atoms with Crippen LogP contribution in [0.4, 0.5) is 0 Å². The highest BCUT2D eigenvalue weighted by atomic mass is 35.5. The average Bonchev–Trinajstić information content (AvgIpc) is 2.46. The van der Waals surface area contributed by atoms with Crippen molar-refractivity contribution in [3.8, 4) is 0 Å². The topological polar surface area (TPSA) is 72.2 Å². The lowest BCUT2D eigenvalue weighted by Gasteiger charge is -2.03.